The predicted octanol–water partition coefficient (Wildman–Crippen LogP) is 4.73. The Kier molecular flexibility index (Phi) is 4.43. The second kappa shape index (κ2) is 5.70. The summed E-state index contributed by atoms with van der Waals surface area (Å²) >= 11 is 11.2. The number of thiazole rings is 1. The first-order valence-corrected chi connectivity index (χ1v) is 7.70. The van der Waals surface area contributed by atoms with Crippen LogP contribution in [0.15, 0.2) is 28.1 Å². The Labute approximate surface area is 124 Å². The third-order valence-corrected chi connectivity index (χ3v) is 4.47. The Bertz CT molecular complexity index is 554. The lowest BCUT2D eigenvalue weighted by molar-refractivity contribution is 0.795. The van der Waals surface area contributed by atoms with Gasteiger partial charge in [0.15, 0.2) is 0 Å². The number of hydrogen-bond donors (Lipinski definition) is 1. The molecule has 0 aliphatic heterocycles. The molecule has 2 N–H and O–H groups in total. The lowest BCUT2D eigenvalue weighted by Gasteiger charge is -2.11. The van der Waals surface area contributed by atoms with Gasteiger partial charge in [0.25, 0.3) is 0 Å². The first kappa shape index (κ1) is 14.0. The van der Waals surface area contributed by atoms with E-state index in [1.165, 1.54) is 0 Å². The van der Waals surface area contributed by atoms with E-state index in [2.05, 4.69) is 40.1 Å². The Morgan fingerprint density at radius 2 is 2.11 bits per heavy atom. The Hall–Kier alpha value is -0.420. The van der Waals surface area contributed by atoms with Crippen molar-refractivity contribution < 1.29 is 0 Å². The van der Waals surface area contributed by atoms with Gasteiger partial charge in [-0.25, -0.2) is 4.98 Å². The number of benzene rings is 1. The normalized spacial score (nSPS) is 13.0. The molecule has 0 fully saturated rings. The molecule has 96 valence electrons. The predicted molar refractivity (Wildman–Crippen MR) is 81.4 cm³/mol. The van der Waals surface area contributed by atoms with Gasteiger partial charge in [-0.15, -0.1) is 11.3 Å². The van der Waals surface area contributed by atoms with Crippen LogP contribution in [0.3, 0.4) is 0 Å². The van der Waals surface area contributed by atoms with Crippen molar-refractivity contribution >= 4 is 38.9 Å². The number of nitrogens with zero attached hydrogens (tertiary/aromatic N) is 1. The summed E-state index contributed by atoms with van der Waals surface area (Å²) in [6.45, 7) is 4.24. The quantitative estimate of drug-likeness (QED) is 0.873. The summed E-state index contributed by atoms with van der Waals surface area (Å²) in [5, 5.41) is 3.64. The average Bonchev–Trinajstić information content (AvgIpc) is 2.81. The zero-order chi connectivity index (χ0) is 13.3. The third kappa shape index (κ3) is 2.94. The molecular formula is C13H14BrClN2S. The molecule has 18 heavy (non-hydrogen) atoms. The van der Waals surface area contributed by atoms with Gasteiger partial charge in [0.2, 0.25) is 0 Å². The van der Waals surface area contributed by atoms with Crippen molar-refractivity contribution in [3.63, 3.8) is 0 Å². The molecule has 0 aliphatic rings. The van der Waals surface area contributed by atoms with Gasteiger partial charge in [-0.2, -0.15) is 0 Å². The monoisotopic (exact) mass is 344 g/mol. The highest BCUT2D eigenvalue weighted by atomic mass is 79.9. The van der Waals surface area contributed by atoms with Crippen LogP contribution in [-0.4, -0.2) is 4.98 Å². The molecule has 1 aromatic heterocycles. The molecule has 2 rings (SSSR count). The van der Waals surface area contributed by atoms with E-state index in [0.29, 0.717) is 10.9 Å². The topological polar surface area (TPSA) is 38.9 Å². The van der Waals surface area contributed by atoms with Crippen LogP contribution in [0.2, 0.25) is 5.02 Å². The first-order chi connectivity index (χ1) is 8.49. The molecule has 1 unspecified atom stereocenters. The van der Waals surface area contributed by atoms with Gasteiger partial charge >= 0.3 is 0 Å². The zero-order valence-corrected chi connectivity index (χ0v) is 13.3. The number of nitrogens with two attached hydrogens (primary N) is 1. The van der Waals surface area contributed by atoms with E-state index in [0.717, 1.165) is 20.7 Å². The zero-order valence-electron chi connectivity index (χ0n) is 10.2. The summed E-state index contributed by atoms with van der Waals surface area (Å²) in [6, 6.07) is 5.42. The molecule has 0 amide bonds. The smallest absolute Gasteiger partial charge is 0.114 e. The van der Waals surface area contributed by atoms with E-state index in [9.17, 15) is 0 Å². The van der Waals surface area contributed by atoms with Crippen molar-refractivity contribution in [2.75, 3.05) is 0 Å². The number of aromatic nitrogens is 1. The fourth-order valence-corrected chi connectivity index (χ4v) is 3.21. The van der Waals surface area contributed by atoms with Crippen LogP contribution >= 0.6 is 38.9 Å². The summed E-state index contributed by atoms with van der Waals surface area (Å²) < 4.78 is 0.970. The Morgan fingerprint density at radius 3 is 2.72 bits per heavy atom. The Morgan fingerprint density at radius 1 is 1.39 bits per heavy atom. The lowest BCUT2D eigenvalue weighted by atomic mass is 10.1. The number of rotatable bonds is 3. The van der Waals surface area contributed by atoms with Gasteiger partial charge in [0, 0.05) is 14.9 Å². The van der Waals surface area contributed by atoms with Crippen LogP contribution in [0.1, 0.15) is 42.1 Å². The second-order valence-electron chi connectivity index (χ2n) is 4.41. The average molecular weight is 346 g/mol. The maximum atomic E-state index is 6.24. The molecule has 1 heterocycles. The minimum Gasteiger partial charge on any atom is -0.318 e. The van der Waals surface area contributed by atoms with Gasteiger partial charge < -0.3 is 5.73 Å². The third-order valence-electron chi connectivity index (χ3n) is 2.69. The molecule has 0 spiro atoms. The maximum Gasteiger partial charge on any atom is 0.114 e. The van der Waals surface area contributed by atoms with Crippen molar-refractivity contribution in [1.82, 2.24) is 4.98 Å². The summed E-state index contributed by atoms with van der Waals surface area (Å²) in [6.07, 6.45) is 0. The van der Waals surface area contributed by atoms with E-state index < -0.39 is 0 Å². The first-order valence-electron chi connectivity index (χ1n) is 5.65. The van der Waals surface area contributed by atoms with E-state index in [4.69, 9.17) is 17.3 Å². The van der Waals surface area contributed by atoms with Crippen molar-refractivity contribution in [1.29, 1.82) is 0 Å². The van der Waals surface area contributed by atoms with Crippen LogP contribution in [0.25, 0.3) is 0 Å². The van der Waals surface area contributed by atoms with E-state index in [-0.39, 0.29) is 6.04 Å². The van der Waals surface area contributed by atoms with E-state index in [1.54, 1.807) is 11.3 Å². The Balaban J connectivity index is 2.34. The van der Waals surface area contributed by atoms with Crippen LogP contribution in [0.5, 0.6) is 0 Å². The van der Waals surface area contributed by atoms with Crippen LogP contribution in [0.4, 0.5) is 0 Å². The number of hydrogen-bond acceptors (Lipinski definition) is 3. The highest BCUT2D eigenvalue weighted by molar-refractivity contribution is 9.10. The summed E-state index contributed by atoms with van der Waals surface area (Å²) in [4.78, 5) is 4.58. The van der Waals surface area contributed by atoms with Gasteiger partial charge in [0.05, 0.1) is 11.7 Å². The fourth-order valence-electron chi connectivity index (χ4n) is 1.59. The molecule has 1 atom stereocenters. The van der Waals surface area contributed by atoms with Crippen molar-refractivity contribution in [3.05, 3.63) is 49.3 Å². The molecule has 0 aliphatic carbocycles. The van der Waals surface area contributed by atoms with Crippen molar-refractivity contribution in [3.8, 4) is 0 Å². The molecule has 2 aromatic rings. The van der Waals surface area contributed by atoms with Crippen LogP contribution in [0, 0.1) is 0 Å². The van der Waals surface area contributed by atoms with Crippen LogP contribution < -0.4 is 5.73 Å². The molecular weight excluding hydrogens is 332 g/mol. The molecule has 0 radical (unpaired) electrons. The van der Waals surface area contributed by atoms with Gasteiger partial charge in [-0.1, -0.05) is 41.4 Å². The van der Waals surface area contributed by atoms with E-state index >= 15 is 0 Å². The molecule has 2 nitrogen and oxygen atoms in total. The fraction of sp³-hybridized carbons (Fsp3) is 0.308. The largest absolute Gasteiger partial charge is 0.318 e. The SMILES string of the molecule is CC(C)c1csc(C(N)c2cc(Br)ccc2Cl)n1. The van der Waals surface area contributed by atoms with Crippen LogP contribution in [-0.2, 0) is 0 Å². The van der Waals surface area contributed by atoms with Gasteiger partial charge in [0.1, 0.15) is 5.01 Å². The van der Waals surface area contributed by atoms with Crippen molar-refractivity contribution in [2.24, 2.45) is 5.73 Å². The molecule has 0 saturated carbocycles. The molecule has 1 aromatic carbocycles. The number of halogens is 2. The lowest BCUT2D eigenvalue weighted by Crippen LogP contribution is -2.12. The maximum absolute atomic E-state index is 6.24. The van der Waals surface area contributed by atoms with Gasteiger partial charge in [-0.05, 0) is 29.7 Å². The molecule has 0 bridgehead atoms. The minimum atomic E-state index is -0.271. The highest BCUT2D eigenvalue weighted by Crippen LogP contribution is 2.31. The summed E-state index contributed by atoms with van der Waals surface area (Å²) in [5.74, 6) is 0.417. The van der Waals surface area contributed by atoms with Gasteiger partial charge in [-0.3, -0.25) is 0 Å². The minimum absolute atomic E-state index is 0.271. The second-order valence-corrected chi connectivity index (χ2v) is 6.62. The highest BCUT2D eigenvalue weighted by Gasteiger charge is 2.17. The van der Waals surface area contributed by atoms with E-state index in [1.807, 2.05) is 18.2 Å². The summed E-state index contributed by atoms with van der Waals surface area (Å²) in [7, 11) is 0. The standard InChI is InChI=1S/C13H14BrClN2S/c1-7(2)11-6-18-13(17-11)12(16)9-5-8(14)3-4-10(9)15/h3-7,12H,16H2,1-2H3. The molecule has 5 heteroatoms. The molecule has 0 saturated heterocycles. The summed E-state index contributed by atoms with van der Waals surface area (Å²) in [5.41, 5.74) is 8.22. The van der Waals surface area contributed by atoms with Crippen molar-refractivity contribution in [2.45, 2.75) is 25.8 Å².